The average molecular weight is 494 g/mol. The van der Waals surface area contributed by atoms with Crippen molar-refractivity contribution in [2.45, 2.75) is 18.9 Å². The van der Waals surface area contributed by atoms with Crippen LogP contribution in [0.25, 0.3) is 22.3 Å². The number of pyridine rings is 1. The highest BCUT2D eigenvalue weighted by atomic mass is 35.5. The second kappa shape index (κ2) is 9.30. The predicted octanol–water partition coefficient (Wildman–Crippen LogP) is 4.40. The van der Waals surface area contributed by atoms with Gasteiger partial charge >= 0.3 is 0 Å². The lowest BCUT2D eigenvalue weighted by Gasteiger charge is -2.32. The molecule has 9 nitrogen and oxygen atoms in total. The van der Waals surface area contributed by atoms with E-state index in [-0.39, 0.29) is 34.9 Å². The molecule has 0 radical (unpaired) electrons. The van der Waals surface area contributed by atoms with Gasteiger partial charge in [0.05, 0.1) is 17.0 Å². The number of hydrogen-bond donors (Lipinski definition) is 1. The first kappa shape index (κ1) is 22.7. The standard InChI is InChI=1S/C24H21ClFN7O2/c1-2-19(34)32-11-3-4-15(12-32)33-24-20(23(27)28-13-29-24)21(31-33)17-9-10-18(30-22(17)26)35-16-7-5-14(25)6-8-16/h2,5-10,13,15H,1,3-4,11-12H2,(H2,27,28,29)/t15-/m1/s1. The molecule has 4 heterocycles. The molecule has 0 aliphatic carbocycles. The van der Waals surface area contributed by atoms with Crippen molar-refractivity contribution >= 4 is 34.4 Å². The fraction of sp³-hybridized carbons (Fsp3) is 0.208. The Morgan fingerprint density at radius 2 is 2.03 bits per heavy atom. The molecule has 3 aromatic heterocycles. The monoisotopic (exact) mass is 493 g/mol. The Morgan fingerprint density at radius 3 is 2.77 bits per heavy atom. The molecule has 4 aromatic rings. The molecule has 1 amide bonds. The van der Waals surface area contributed by atoms with Crippen LogP contribution < -0.4 is 10.5 Å². The highest BCUT2D eigenvalue weighted by Gasteiger charge is 2.28. The minimum absolute atomic E-state index is 0.0763. The highest BCUT2D eigenvalue weighted by molar-refractivity contribution is 6.30. The van der Waals surface area contributed by atoms with Crippen molar-refractivity contribution in [1.29, 1.82) is 0 Å². The van der Waals surface area contributed by atoms with Gasteiger partial charge in [0.15, 0.2) is 5.65 Å². The summed E-state index contributed by atoms with van der Waals surface area (Å²) in [5.74, 6) is -0.206. The average Bonchev–Trinajstić information content (AvgIpc) is 3.26. The molecule has 0 unspecified atom stereocenters. The van der Waals surface area contributed by atoms with Gasteiger partial charge in [0.25, 0.3) is 0 Å². The maximum Gasteiger partial charge on any atom is 0.246 e. The van der Waals surface area contributed by atoms with E-state index in [0.29, 0.717) is 34.9 Å². The van der Waals surface area contributed by atoms with Gasteiger partial charge in [-0.05, 0) is 49.2 Å². The smallest absolute Gasteiger partial charge is 0.246 e. The van der Waals surface area contributed by atoms with Crippen LogP contribution in [0, 0.1) is 5.95 Å². The highest BCUT2D eigenvalue weighted by Crippen LogP contribution is 2.35. The Labute approximate surface area is 205 Å². The van der Waals surface area contributed by atoms with E-state index < -0.39 is 5.95 Å². The third-order valence-corrected chi connectivity index (χ3v) is 6.11. The summed E-state index contributed by atoms with van der Waals surface area (Å²) < 4.78 is 22.5. The molecule has 35 heavy (non-hydrogen) atoms. The molecule has 0 saturated carbocycles. The molecule has 1 fully saturated rings. The number of anilines is 1. The summed E-state index contributed by atoms with van der Waals surface area (Å²) >= 11 is 5.89. The van der Waals surface area contributed by atoms with E-state index >= 15 is 4.39 Å². The number of halogens is 2. The largest absolute Gasteiger partial charge is 0.439 e. The predicted molar refractivity (Wildman–Crippen MR) is 129 cm³/mol. The maximum absolute atomic E-state index is 15.2. The molecule has 1 aliphatic rings. The van der Waals surface area contributed by atoms with Gasteiger partial charge in [-0.15, -0.1) is 0 Å². The zero-order valence-electron chi connectivity index (χ0n) is 18.6. The lowest BCUT2D eigenvalue weighted by molar-refractivity contribution is -0.127. The SMILES string of the molecule is C=CC(=O)N1CCC[C@@H](n2nc(-c3ccc(Oc4ccc(Cl)cc4)nc3F)c3c(N)ncnc32)C1. The van der Waals surface area contributed by atoms with Gasteiger partial charge in [-0.1, -0.05) is 18.2 Å². The van der Waals surface area contributed by atoms with Crippen molar-refractivity contribution in [3.8, 4) is 22.9 Å². The maximum atomic E-state index is 15.2. The molecule has 2 N–H and O–H groups in total. The first-order valence-corrected chi connectivity index (χ1v) is 11.3. The molecular formula is C24H21ClFN7O2. The number of carbonyl (C=O) groups is 1. The van der Waals surface area contributed by atoms with Crippen molar-refractivity contribution in [1.82, 2.24) is 29.6 Å². The molecular weight excluding hydrogens is 473 g/mol. The molecule has 11 heteroatoms. The van der Waals surface area contributed by atoms with Gasteiger partial charge in [-0.2, -0.15) is 14.5 Å². The summed E-state index contributed by atoms with van der Waals surface area (Å²) in [7, 11) is 0. The fourth-order valence-electron chi connectivity index (χ4n) is 4.20. The molecule has 1 saturated heterocycles. The number of likely N-dealkylation sites (tertiary alicyclic amines) is 1. The van der Waals surface area contributed by atoms with E-state index in [1.807, 2.05) is 0 Å². The number of amides is 1. The zero-order chi connectivity index (χ0) is 24.5. The second-order valence-electron chi connectivity index (χ2n) is 8.08. The van der Waals surface area contributed by atoms with Crippen LogP contribution in [-0.2, 0) is 4.79 Å². The zero-order valence-corrected chi connectivity index (χ0v) is 19.3. The summed E-state index contributed by atoms with van der Waals surface area (Å²) in [6.45, 7) is 4.64. The number of piperidine rings is 1. The van der Waals surface area contributed by atoms with E-state index in [0.717, 1.165) is 12.8 Å². The van der Waals surface area contributed by atoms with Crippen molar-refractivity contribution in [2.24, 2.45) is 0 Å². The third-order valence-electron chi connectivity index (χ3n) is 5.86. The van der Waals surface area contributed by atoms with Crippen molar-refractivity contribution in [3.63, 3.8) is 0 Å². The number of aromatic nitrogens is 5. The van der Waals surface area contributed by atoms with Crippen LogP contribution >= 0.6 is 11.6 Å². The van der Waals surface area contributed by atoms with Crippen LogP contribution in [-0.4, -0.2) is 48.6 Å². The second-order valence-corrected chi connectivity index (χ2v) is 8.52. The van der Waals surface area contributed by atoms with Crippen LogP contribution in [0.3, 0.4) is 0 Å². The number of nitrogens with two attached hydrogens (primary N) is 1. The van der Waals surface area contributed by atoms with Crippen molar-refractivity contribution in [3.05, 3.63) is 66.4 Å². The number of nitrogen functional groups attached to an aromatic ring is 1. The Morgan fingerprint density at radius 1 is 1.23 bits per heavy atom. The Bertz CT molecular complexity index is 1420. The molecule has 0 spiro atoms. The topological polar surface area (TPSA) is 112 Å². The van der Waals surface area contributed by atoms with Crippen LogP contribution in [0.4, 0.5) is 10.2 Å². The molecule has 1 atom stereocenters. The number of benzene rings is 1. The Balaban J connectivity index is 1.53. The lowest BCUT2D eigenvalue weighted by Crippen LogP contribution is -2.40. The van der Waals surface area contributed by atoms with Gasteiger partial charge < -0.3 is 15.4 Å². The van der Waals surface area contributed by atoms with E-state index in [1.54, 1.807) is 39.9 Å². The quantitative estimate of drug-likeness (QED) is 0.324. The summed E-state index contributed by atoms with van der Waals surface area (Å²) in [6, 6.07) is 9.56. The van der Waals surface area contributed by atoms with Crippen LogP contribution in [0.15, 0.2) is 55.4 Å². The normalized spacial score (nSPS) is 15.8. The third kappa shape index (κ3) is 4.40. The van der Waals surface area contributed by atoms with E-state index in [2.05, 4.69) is 26.6 Å². The van der Waals surface area contributed by atoms with E-state index in [1.165, 1.54) is 18.5 Å². The van der Waals surface area contributed by atoms with Gasteiger partial charge in [-0.25, -0.2) is 14.6 Å². The van der Waals surface area contributed by atoms with Gasteiger partial charge in [0.2, 0.25) is 17.7 Å². The molecule has 5 rings (SSSR count). The molecule has 1 aromatic carbocycles. The summed E-state index contributed by atoms with van der Waals surface area (Å²) in [5.41, 5.74) is 7.04. The number of carbonyl (C=O) groups excluding carboxylic acids is 1. The molecule has 0 bridgehead atoms. The van der Waals surface area contributed by atoms with Gasteiger partial charge in [0.1, 0.15) is 23.6 Å². The van der Waals surface area contributed by atoms with Crippen molar-refractivity contribution in [2.75, 3.05) is 18.8 Å². The summed E-state index contributed by atoms with van der Waals surface area (Å²) in [5, 5.41) is 5.66. The first-order chi connectivity index (χ1) is 16.9. The summed E-state index contributed by atoms with van der Waals surface area (Å²) in [6.07, 6.45) is 4.19. The molecule has 178 valence electrons. The van der Waals surface area contributed by atoms with Crippen LogP contribution in [0.1, 0.15) is 18.9 Å². The number of rotatable bonds is 5. The first-order valence-electron chi connectivity index (χ1n) is 10.9. The van der Waals surface area contributed by atoms with Crippen LogP contribution in [0.5, 0.6) is 11.6 Å². The van der Waals surface area contributed by atoms with Crippen LogP contribution in [0.2, 0.25) is 5.02 Å². The number of fused-ring (bicyclic) bond motifs is 1. The fourth-order valence-corrected chi connectivity index (χ4v) is 4.32. The molecule has 1 aliphatic heterocycles. The number of hydrogen-bond acceptors (Lipinski definition) is 7. The minimum Gasteiger partial charge on any atom is -0.439 e. The van der Waals surface area contributed by atoms with E-state index in [4.69, 9.17) is 22.1 Å². The number of ether oxygens (including phenoxy) is 1. The summed E-state index contributed by atoms with van der Waals surface area (Å²) in [4.78, 5) is 26.3. The Hall–Kier alpha value is -4.05. The number of nitrogens with zero attached hydrogens (tertiary/aromatic N) is 6. The van der Waals surface area contributed by atoms with Gasteiger partial charge in [0, 0.05) is 24.2 Å². The minimum atomic E-state index is -0.779. The van der Waals surface area contributed by atoms with Gasteiger partial charge in [-0.3, -0.25) is 4.79 Å². The van der Waals surface area contributed by atoms with E-state index in [9.17, 15) is 4.79 Å². The van der Waals surface area contributed by atoms with Crippen molar-refractivity contribution < 1.29 is 13.9 Å². The lowest BCUT2D eigenvalue weighted by atomic mass is 10.1. The Kier molecular flexibility index (Phi) is 6.04.